The standard InChI is InChI=1S/C14H19NO2/c1-11(2)14(15(3)4)17-13(16)10-12-8-6-5-7-9-12/h5-9H,10H2,1-4H3. The number of ether oxygens (including phenoxy) is 1. The van der Waals surface area contributed by atoms with Crippen LogP contribution >= 0.6 is 0 Å². The van der Waals surface area contributed by atoms with Gasteiger partial charge in [-0.3, -0.25) is 4.79 Å². The first-order valence-corrected chi connectivity index (χ1v) is 5.60. The summed E-state index contributed by atoms with van der Waals surface area (Å²) in [6, 6.07) is 9.58. The zero-order chi connectivity index (χ0) is 12.8. The number of benzene rings is 1. The van der Waals surface area contributed by atoms with Crippen LogP contribution in [0.15, 0.2) is 41.8 Å². The fraction of sp³-hybridized carbons (Fsp3) is 0.357. The molecule has 3 nitrogen and oxygen atoms in total. The second-order valence-corrected chi connectivity index (χ2v) is 4.34. The highest BCUT2D eigenvalue weighted by Gasteiger charge is 2.11. The molecule has 0 saturated heterocycles. The molecule has 0 heterocycles. The Hall–Kier alpha value is -1.77. The molecule has 0 bridgehead atoms. The van der Waals surface area contributed by atoms with E-state index in [1.165, 1.54) is 0 Å². The van der Waals surface area contributed by atoms with Gasteiger partial charge >= 0.3 is 5.97 Å². The van der Waals surface area contributed by atoms with Crippen molar-refractivity contribution in [3.05, 3.63) is 47.4 Å². The van der Waals surface area contributed by atoms with Gasteiger partial charge in [0.05, 0.1) is 6.42 Å². The molecule has 0 aliphatic heterocycles. The summed E-state index contributed by atoms with van der Waals surface area (Å²) in [5.74, 6) is 0.382. The molecule has 0 unspecified atom stereocenters. The Morgan fingerprint density at radius 1 is 1.18 bits per heavy atom. The highest BCUT2D eigenvalue weighted by molar-refractivity contribution is 5.73. The molecule has 0 aliphatic carbocycles. The summed E-state index contributed by atoms with van der Waals surface area (Å²) >= 11 is 0. The van der Waals surface area contributed by atoms with E-state index in [1.54, 1.807) is 4.90 Å². The monoisotopic (exact) mass is 233 g/mol. The summed E-state index contributed by atoms with van der Waals surface area (Å²) < 4.78 is 5.34. The van der Waals surface area contributed by atoms with Crippen molar-refractivity contribution in [2.75, 3.05) is 14.1 Å². The minimum Gasteiger partial charge on any atom is -0.410 e. The molecule has 1 aromatic carbocycles. The highest BCUT2D eigenvalue weighted by atomic mass is 16.5. The average molecular weight is 233 g/mol. The lowest BCUT2D eigenvalue weighted by Crippen LogP contribution is -2.19. The number of rotatable bonds is 4. The van der Waals surface area contributed by atoms with Gasteiger partial charge in [0.1, 0.15) is 0 Å². The third-order valence-corrected chi connectivity index (χ3v) is 2.24. The Labute approximate surface area is 103 Å². The second kappa shape index (κ2) is 6.09. The molecule has 0 fully saturated rings. The van der Waals surface area contributed by atoms with Crippen molar-refractivity contribution in [2.45, 2.75) is 20.3 Å². The molecular formula is C14H19NO2. The summed E-state index contributed by atoms with van der Waals surface area (Å²) in [6.45, 7) is 3.84. The fourth-order valence-electron chi connectivity index (χ4n) is 1.55. The van der Waals surface area contributed by atoms with Gasteiger partial charge in [0.25, 0.3) is 0 Å². The van der Waals surface area contributed by atoms with Crippen LogP contribution in [0.3, 0.4) is 0 Å². The summed E-state index contributed by atoms with van der Waals surface area (Å²) in [5, 5.41) is 0. The maximum atomic E-state index is 11.7. The lowest BCUT2D eigenvalue weighted by Gasteiger charge is -2.18. The van der Waals surface area contributed by atoms with Crippen molar-refractivity contribution < 1.29 is 9.53 Å². The van der Waals surface area contributed by atoms with Crippen molar-refractivity contribution in [1.29, 1.82) is 0 Å². The highest BCUT2D eigenvalue weighted by Crippen LogP contribution is 2.10. The first-order valence-electron chi connectivity index (χ1n) is 5.60. The second-order valence-electron chi connectivity index (χ2n) is 4.34. The van der Waals surface area contributed by atoms with E-state index in [1.807, 2.05) is 58.3 Å². The van der Waals surface area contributed by atoms with Gasteiger partial charge in [-0.1, -0.05) is 30.3 Å². The minimum atomic E-state index is -0.235. The van der Waals surface area contributed by atoms with E-state index in [0.29, 0.717) is 12.3 Å². The van der Waals surface area contributed by atoms with Gasteiger partial charge in [0.2, 0.25) is 0 Å². The Morgan fingerprint density at radius 2 is 1.76 bits per heavy atom. The lowest BCUT2D eigenvalue weighted by molar-refractivity contribution is -0.140. The molecule has 0 N–H and O–H groups in total. The predicted octanol–water partition coefficient (Wildman–Crippen LogP) is 2.59. The van der Waals surface area contributed by atoms with Gasteiger partial charge < -0.3 is 9.64 Å². The molecule has 3 heteroatoms. The summed E-state index contributed by atoms with van der Waals surface area (Å²) in [6.07, 6.45) is 0.297. The van der Waals surface area contributed by atoms with Crippen LogP contribution in [0.1, 0.15) is 19.4 Å². The molecule has 0 aromatic heterocycles. The Balaban J connectivity index is 2.64. The van der Waals surface area contributed by atoms with Crippen LogP contribution in [0.2, 0.25) is 0 Å². The first kappa shape index (κ1) is 13.3. The van der Waals surface area contributed by atoms with Crippen LogP contribution in [0.25, 0.3) is 0 Å². The summed E-state index contributed by atoms with van der Waals surface area (Å²) in [7, 11) is 3.72. The lowest BCUT2D eigenvalue weighted by atomic mass is 10.2. The molecule has 0 amide bonds. The van der Waals surface area contributed by atoms with Crippen LogP contribution < -0.4 is 0 Å². The van der Waals surface area contributed by atoms with Crippen molar-refractivity contribution in [1.82, 2.24) is 4.90 Å². The molecule has 17 heavy (non-hydrogen) atoms. The van der Waals surface area contributed by atoms with Gasteiger partial charge in [-0.25, -0.2) is 0 Å². The Kier molecular flexibility index (Phi) is 4.76. The minimum absolute atomic E-state index is 0.235. The topological polar surface area (TPSA) is 29.5 Å². The molecule has 0 saturated carbocycles. The smallest absolute Gasteiger partial charge is 0.316 e. The number of nitrogens with zero attached hydrogens (tertiary/aromatic N) is 1. The van der Waals surface area contributed by atoms with Crippen molar-refractivity contribution in [3.8, 4) is 0 Å². The molecule has 0 aliphatic rings. The van der Waals surface area contributed by atoms with E-state index in [9.17, 15) is 4.79 Å². The Bertz CT molecular complexity index is 403. The largest absolute Gasteiger partial charge is 0.410 e. The number of allylic oxidation sites excluding steroid dienone is 1. The quantitative estimate of drug-likeness (QED) is 0.591. The molecule has 92 valence electrons. The van der Waals surface area contributed by atoms with Gasteiger partial charge in [-0.15, -0.1) is 0 Å². The molecule has 0 spiro atoms. The summed E-state index contributed by atoms with van der Waals surface area (Å²) in [4.78, 5) is 13.6. The van der Waals surface area contributed by atoms with Crippen LogP contribution in [-0.4, -0.2) is 25.0 Å². The van der Waals surface area contributed by atoms with E-state index in [2.05, 4.69) is 0 Å². The van der Waals surface area contributed by atoms with E-state index in [-0.39, 0.29) is 5.97 Å². The van der Waals surface area contributed by atoms with Crippen LogP contribution in [-0.2, 0) is 16.0 Å². The SMILES string of the molecule is CC(C)=C(OC(=O)Cc1ccccc1)N(C)C. The molecular weight excluding hydrogens is 214 g/mol. The number of carbonyl (C=O) groups is 1. The normalized spacial score (nSPS) is 9.65. The van der Waals surface area contributed by atoms with E-state index in [0.717, 1.165) is 11.1 Å². The molecule has 0 atom stereocenters. The average Bonchev–Trinajstić information content (AvgIpc) is 2.26. The third kappa shape index (κ3) is 4.31. The first-order chi connectivity index (χ1) is 8.00. The van der Waals surface area contributed by atoms with Gasteiger partial charge in [-0.2, -0.15) is 0 Å². The van der Waals surface area contributed by atoms with E-state index in [4.69, 9.17) is 4.74 Å². The summed E-state index contributed by atoms with van der Waals surface area (Å²) in [5.41, 5.74) is 1.95. The fourth-order valence-corrected chi connectivity index (χ4v) is 1.55. The molecule has 1 rings (SSSR count). The van der Waals surface area contributed by atoms with Crippen LogP contribution in [0.5, 0.6) is 0 Å². The number of carbonyl (C=O) groups excluding carboxylic acids is 1. The number of esters is 1. The van der Waals surface area contributed by atoms with Gasteiger partial charge in [0.15, 0.2) is 5.88 Å². The van der Waals surface area contributed by atoms with Crippen LogP contribution in [0, 0.1) is 0 Å². The van der Waals surface area contributed by atoms with Gasteiger partial charge in [0, 0.05) is 14.1 Å². The zero-order valence-corrected chi connectivity index (χ0v) is 10.9. The number of hydrogen-bond acceptors (Lipinski definition) is 3. The maximum absolute atomic E-state index is 11.7. The van der Waals surface area contributed by atoms with Crippen molar-refractivity contribution in [3.63, 3.8) is 0 Å². The van der Waals surface area contributed by atoms with E-state index < -0.39 is 0 Å². The molecule has 0 radical (unpaired) electrons. The van der Waals surface area contributed by atoms with Crippen LogP contribution in [0.4, 0.5) is 0 Å². The van der Waals surface area contributed by atoms with Gasteiger partial charge in [-0.05, 0) is 25.0 Å². The zero-order valence-electron chi connectivity index (χ0n) is 10.9. The third-order valence-electron chi connectivity index (χ3n) is 2.24. The maximum Gasteiger partial charge on any atom is 0.316 e. The van der Waals surface area contributed by atoms with Crippen molar-refractivity contribution in [2.24, 2.45) is 0 Å². The van der Waals surface area contributed by atoms with E-state index >= 15 is 0 Å². The number of hydrogen-bond donors (Lipinski definition) is 0. The predicted molar refractivity (Wildman–Crippen MR) is 68.3 cm³/mol. The Morgan fingerprint density at radius 3 is 2.24 bits per heavy atom. The molecule has 1 aromatic rings. The van der Waals surface area contributed by atoms with Crippen molar-refractivity contribution >= 4 is 5.97 Å².